The van der Waals surface area contributed by atoms with Crippen LogP contribution in [0.3, 0.4) is 0 Å². The maximum atomic E-state index is 11.4. The van der Waals surface area contributed by atoms with Crippen molar-refractivity contribution in [1.29, 1.82) is 0 Å². The molecule has 1 unspecified atom stereocenters. The van der Waals surface area contributed by atoms with E-state index in [-0.39, 0.29) is 5.41 Å². The number of ether oxygens (including phenoxy) is 1. The summed E-state index contributed by atoms with van der Waals surface area (Å²) < 4.78 is 13.4. The average Bonchev–Trinajstić information content (AvgIpc) is 3.37. The zero-order chi connectivity index (χ0) is 24.5. The van der Waals surface area contributed by atoms with Crippen molar-refractivity contribution >= 4 is 16.9 Å². The summed E-state index contributed by atoms with van der Waals surface area (Å²) in [5, 5.41) is 10.4. The van der Waals surface area contributed by atoms with Crippen LogP contribution in [0.4, 0.5) is 0 Å². The predicted octanol–water partition coefficient (Wildman–Crippen LogP) is 5.98. The van der Waals surface area contributed by atoms with Gasteiger partial charge in [-0.2, -0.15) is 0 Å². The van der Waals surface area contributed by atoms with E-state index in [0.717, 1.165) is 33.4 Å². The molecule has 0 aliphatic heterocycles. The van der Waals surface area contributed by atoms with E-state index < -0.39 is 12.1 Å². The lowest BCUT2D eigenvalue weighted by Gasteiger charge is -2.18. The zero-order valence-electron chi connectivity index (χ0n) is 20.5. The van der Waals surface area contributed by atoms with E-state index in [1.807, 2.05) is 18.2 Å². The third kappa shape index (κ3) is 5.07. The summed E-state index contributed by atoms with van der Waals surface area (Å²) in [5.74, 6) is -0.326. The lowest BCUT2D eigenvalue weighted by Crippen LogP contribution is -2.26. The van der Waals surface area contributed by atoms with Crippen LogP contribution in [0.25, 0.3) is 22.4 Å². The van der Waals surface area contributed by atoms with Gasteiger partial charge in [0.1, 0.15) is 6.26 Å². The first-order valence-corrected chi connectivity index (χ1v) is 11.6. The Morgan fingerprint density at radius 2 is 1.88 bits per heavy atom. The first-order chi connectivity index (χ1) is 16.2. The van der Waals surface area contributed by atoms with E-state index in [4.69, 9.17) is 14.1 Å². The van der Waals surface area contributed by atoms with E-state index in [1.165, 1.54) is 5.56 Å². The van der Waals surface area contributed by atoms with Gasteiger partial charge in [0.2, 0.25) is 5.89 Å². The number of aryl methyl sites for hydroxylation is 1. The second kappa shape index (κ2) is 9.47. The molecule has 2 aromatic heterocycles. The minimum absolute atomic E-state index is 0.102. The van der Waals surface area contributed by atoms with Crippen LogP contribution in [0.1, 0.15) is 50.2 Å². The van der Waals surface area contributed by atoms with Crippen molar-refractivity contribution < 1.29 is 19.1 Å². The number of hydrogen-bond donors (Lipinski definition) is 1. The molecule has 0 bridgehead atoms. The van der Waals surface area contributed by atoms with Crippen LogP contribution < -0.4 is 0 Å². The van der Waals surface area contributed by atoms with Gasteiger partial charge < -0.3 is 18.8 Å². The number of benzene rings is 2. The molecule has 1 atom stereocenters. The van der Waals surface area contributed by atoms with E-state index in [0.29, 0.717) is 25.5 Å². The molecule has 6 nitrogen and oxygen atoms in total. The van der Waals surface area contributed by atoms with Crippen LogP contribution in [-0.2, 0) is 27.9 Å². The summed E-state index contributed by atoms with van der Waals surface area (Å²) in [6.45, 7) is 11.4. The highest BCUT2D eigenvalue weighted by atomic mass is 16.5. The molecule has 178 valence electrons. The van der Waals surface area contributed by atoms with E-state index in [1.54, 1.807) is 13.2 Å². The summed E-state index contributed by atoms with van der Waals surface area (Å²) in [6, 6.07) is 16.5. The Hall–Kier alpha value is -3.38. The summed E-state index contributed by atoms with van der Waals surface area (Å²) >= 11 is 0. The summed E-state index contributed by atoms with van der Waals surface area (Å²) in [4.78, 5) is 16.2. The van der Waals surface area contributed by atoms with Crippen molar-refractivity contribution in [1.82, 2.24) is 9.55 Å². The first kappa shape index (κ1) is 23.8. The summed E-state index contributed by atoms with van der Waals surface area (Å²) in [6.07, 6.45) is 1.22. The molecular weight excluding hydrogens is 428 g/mol. The van der Waals surface area contributed by atoms with Crippen molar-refractivity contribution in [3.05, 3.63) is 77.3 Å². The Morgan fingerprint density at radius 1 is 1.15 bits per heavy atom. The van der Waals surface area contributed by atoms with Gasteiger partial charge in [0.25, 0.3) is 0 Å². The average molecular weight is 461 g/mol. The molecular formula is C28H32N2O4. The maximum absolute atomic E-state index is 11.4. The molecule has 2 aromatic carbocycles. The Bertz CT molecular complexity index is 1290. The molecule has 0 radical (unpaired) electrons. The number of hydrogen-bond acceptors (Lipinski definition) is 4. The lowest BCUT2D eigenvalue weighted by atomic mass is 9.87. The number of carbonyl (C=O) groups is 1. The summed E-state index contributed by atoms with van der Waals surface area (Å²) in [5.41, 5.74) is 6.29. The lowest BCUT2D eigenvalue weighted by molar-refractivity contribution is -0.149. The third-order valence-corrected chi connectivity index (χ3v) is 6.11. The standard InChI is InChI=1S/C28H32N2O4/c1-6-33-25(27(31)32)15-19-7-12-24-21(14-19)13-18(2)30(24)16-23-17-34-26(29-23)20-8-10-22(11-9-20)28(3,4)5/h7-14,17,25H,6,15-16H2,1-5H3,(H,31,32). The highest BCUT2D eigenvalue weighted by Gasteiger charge is 2.19. The number of aromatic nitrogens is 2. The molecule has 4 rings (SSSR count). The topological polar surface area (TPSA) is 77.5 Å². The maximum Gasteiger partial charge on any atom is 0.333 e. The summed E-state index contributed by atoms with van der Waals surface area (Å²) in [7, 11) is 0. The van der Waals surface area contributed by atoms with Gasteiger partial charge in [0.05, 0.1) is 12.2 Å². The van der Waals surface area contributed by atoms with E-state index in [2.05, 4.69) is 62.6 Å². The second-order valence-corrected chi connectivity index (χ2v) is 9.72. The predicted molar refractivity (Wildman–Crippen MR) is 133 cm³/mol. The van der Waals surface area contributed by atoms with Crippen molar-refractivity contribution in [3.63, 3.8) is 0 Å². The minimum Gasteiger partial charge on any atom is -0.479 e. The number of fused-ring (bicyclic) bond motifs is 1. The molecule has 0 spiro atoms. The van der Waals surface area contributed by atoms with Gasteiger partial charge in [0, 0.05) is 35.2 Å². The van der Waals surface area contributed by atoms with Crippen molar-refractivity contribution in [2.45, 2.75) is 59.1 Å². The number of oxazole rings is 1. The number of carboxylic acids is 1. The smallest absolute Gasteiger partial charge is 0.333 e. The number of carboxylic acid groups (broad SMARTS) is 1. The minimum atomic E-state index is -0.939. The van der Waals surface area contributed by atoms with Gasteiger partial charge >= 0.3 is 5.97 Å². The fourth-order valence-electron chi connectivity index (χ4n) is 4.21. The first-order valence-electron chi connectivity index (χ1n) is 11.6. The van der Waals surface area contributed by atoms with Crippen molar-refractivity contribution in [2.75, 3.05) is 6.61 Å². The van der Waals surface area contributed by atoms with Crippen LogP contribution in [0, 0.1) is 6.92 Å². The molecule has 1 N–H and O–H groups in total. The fourth-order valence-corrected chi connectivity index (χ4v) is 4.21. The highest BCUT2D eigenvalue weighted by Crippen LogP contribution is 2.27. The SMILES string of the molecule is CCOC(Cc1ccc2c(c1)cc(C)n2Cc1coc(-c2ccc(C(C)(C)C)cc2)n1)C(=O)O. The van der Waals surface area contributed by atoms with Crippen LogP contribution in [-0.4, -0.2) is 33.3 Å². The molecule has 0 aliphatic rings. The van der Waals surface area contributed by atoms with Crippen LogP contribution >= 0.6 is 0 Å². The quantitative estimate of drug-likeness (QED) is 0.350. The molecule has 4 aromatic rings. The number of aliphatic carboxylic acids is 1. The normalized spacial score (nSPS) is 12.9. The van der Waals surface area contributed by atoms with Crippen molar-refractivity contribution in [2.24, 2.45) is 0 Å². The Balaban J connectivity index is 1.54. The van der Waals surface area contributed by atoms with Gasteiger partial charge in [-0.25, -0.2) is 9.78 Å². The molecule has 0 amide bonds. The largest absolute Gasteiger partial charge is 0.479 e. The Kier molecular flexibility index (Phi) is 6.62. The molecule has 0 aliphatic carbocycles. The zero-order valence-corrected chi connectivity index (χ0v) is 20.5. The fraction of sp³-hybridized carbons (Fsp3) is 0.357. The Morgan fingerprint density at radius 3 is 2.53 bits per heavy atom. The molecule has 2 heterocycles. The van der Waals surface area contributed by atoms with Gasteiger partial charge in [-0.1, -0.05) is 39.0 Å². The Labute approximate surface area is 200 Å². The number of nitrogens with zero attached hydrogens (tertiary/aromatic N) is 2. The second-order valence-electron chi connectivity index (χ2n) is 9.72. The van der Waals surface area contributed by atoms with Crippen LogP contribution in [0.5, 0.6) is 0 Å². The monoisotopic (exact) mass is 460 g/mol. The molecule has 0 fully saturated rings. The molecule has 0 saturated heterocycles. The van der Waals surface area contributed by atoms with Crippen molar-refractivity contribution in [3.8, 4) is 11.5 Å². The van der Waals surface area contributed by atoms with E-state index >= 15 is 0 Å². The van der Waals surface area contributed by atoms with Gasteiger partial charge in [0.15, 0.2) is 6.10 Å². The van der Waals surface area contributed by atoms with Crippen LogP contribution in [0.15, 0.2) is 59.2 Å². The number of rotatable bonds is 8. The van der Waals surface area contributed by atoms with Gasteiger partial charge in [-0.05, 0) is 60.7 Å². The third-order valence-electron chi connectivity index (χ3n) is 6.11. The van der Waals surface area contributed by atoms with Crippen LogP contribution in [0.2, 0.25) is 0 Å². The molecule has 6 heteroatoms. The molecule has 0 saturated carbocycles. The van der Waals surface area contributed by atoms with Gasteiger partial charge in [-0.15, -0.1) is 0 Å². The van der Waals surface area contributed by atoms with E-state index in [9.17, 15) is 9.90 Å². The van der Waals surface area contributed by atoms with Gasteiger partial charge in [-0.3, -0.25) is 0 Å². The highest BCUT2D eigenvalue weighted by molar-refractivity contribution is 5.82. The molecule has 34 heavy (non-hydrogen) atoms.